The number of anilines is 1. The lowest BCUT2D eigenvalue weighted by Gasteiger charge is -2.44. The number of carbonyl (C=O) groups is 1. The summed E-state index contributed by atoms with van der Waals surface area (Å²) in [6.45, 7) is 6.34. The Bertz CT molecular complexity index is 1610. The maximum atomic E-state index is 14.9. The third-order valence-corrected chi connectivity index (χ3v) is 12.6. The fourth-order valence-corrected chi connectivity index (χ4v) is 10.7. The fourth-order valence-electron chi connectivity index (χ4n) is 8.25. The van der Waals surface area contributed by atoms with E-state index >= 15 is 0 Å². The molecule has 1 aliphatic heterocycles. The maximum Gasteiger partial charge on any atom is 0.263 e. The number of hydrogen-bond acceptors (Lipinski definition) is 4. The lowest BCUT2D eigenvalue weighted by Crippen LogP contribution is -3.00. The van der Waals surface area contributed by atoms with Crippen molar-refractivity contribution in [2.24, 2.45) is 5.92 Å². The van der Waals surface area contributed by atoms with Gasteiger partial charge in [-0.2, -0.15) is 4.57 Å². The molecular formula is C39H48IN3OS2. The van der Waals surface area contributed by atoms with Gasteiger partial charge in [-0.3, -0.25) is 4.79 Å². The van der Waals surface area contributed by atoms with Crippen LogP contribution in [0.3, 0.4) is 0 Å². The monoisotopic (exact) mass is 765 g/mol. The maximum absolute atomic E-state index is 14.9. The molecule has 4 aliphatic rings. The predicted molar refractivity (Wildman–Crippen MR) is 190 cm³/mol. The number of halogens is 1. The second-order valence-corrected chi connectivity index (χ2v) is 15.4. The number of thiazole rings is 1. The number of thioether (sulfide) groups is 1. The van der Waals surface area contributed by atoms with Crippen LogP contribution in [-0.2, 0) is 11.3 Å². The SMILES string of the molecule is CCN1/C(=C/C2=CC(=C\c3sc4ccccc4[n+]3CC)/CC(C(=O)N(C3CCCCC3)C3CCCCC3)C2)Sc2ccccc21.[I-]. The van der Waals surface area contributed by atoms with Crippen LogP contribution in [0, 0.1) is 5.92 Å². The van der Waals surface area contributed by atoms with E-state index < -0.39 is 0 Å². The van der Waals surface area contributed by atoms with Crippen LogP contribution in [0.25, 0.3) is 16.3 Å². The third-order valence-electron chi connectivity index (χ3n) is 10.4. The molecule has 2 heterocycles. The number of aryl methyl sites for hydroxylation is 1. The van der Waals surface area contributed by atoms with Gasteiger partial charge in [0.2, 0.25) is 11.4 Å². The second kappa shape index (κ2) is 15.4. The summed E-state index contributed by atoms with van der Waals surface area (Å²) < 4.78 is 3.75. The summed E-state index contributed by atoms with van der Waals surface area (Å²) in [7, 11) is 0. The smallest absolute Gasteiger partial charge is 0.263 e. The van der Waals surface area contributed by atoms with E-state index in [9.17, 15) is 4.79 Å². The van der Waals surface area contributed by atoms with Gasteiger partial charge in [0.15, 0.2) is 0 Å². The zero-order valence-electron chi connectivity index (χ0n) is 27.4. The molecule has 4 nitrogen and oxygen atoms in total. The Morgan fingerprint density at radius 1 is 0.891 bits per heavy atom. The number of carbonyl (C=O) groups excluding carboxylic acids is 1. The zero-order valence-corrected chi connectivity index (χ0v) is 31.2. The molecule has 0 saturated heterocycles. The molecule has 7 heteroatoms. The van der Waals surface area contributed by atoms with Crippen molar-refractivity contribution in [1.82, 2.24) is 4.90 Å². The molecule has 7 rings (SSSR count). The molecule has 3 aliphatic carbocycles. The van der Waals surface area contributed by atoms with Crippen LogP contribution in [0.1, 0.15) is 95.9 Å². The first-order chi connectivity index (χ1) is 22.1. The molecule has 0 spiro atoms. The molecule has 244 valence electrons. The number of allylic oxidation sites excluding steroid dienone is 4. The minimum absolute atomic E-state index is 0. The van der Waals surface area contributed by atoms with Crippen LogP contribution in [0.5, 0.6) is 0 Å². The summed E-state index contributed by atoms with van der Waals surface area (Å²) in [5, 5.41) is 2.55. The summed E-state index contributed by atoms with van der Waals surface area (Å²) in [4.78, 5) is 21.1. The standard InChI is InChI=1S/C39H48N3OS2.HI/c1-3-40-33-19-11-13-21-35(33)44-37(40)26-28-23-29(27-38-41(4-2)34-20-12-14-22-36(34)45-38)25-30(24-28)39(43)42(31-15-7-5-8-16-31)32-17-9-6-10-18-32;/h11-14,19-23,26-27,30-32H,3-10,15-18,24-25H2,1-2H3;1H/q+1;/p-1. The summed E-state index contributed by atoms with van der Waals surface area (Å²) >= 11 is 3.73. The van der Waals surface area contributed by atoms with Gasteiger partial charge in [0.1, 0.15) is 11.2 Å². The summed E-state index contributed by atoms with van der Waals surface area (Å²) in [5.41, 5.74) is 5.17. The van der Waals surface area contributed by atoms with E-state index in [1.54, 1.807) is 0 Å². The molecule has 0 radical (unpaired) electrons. The first kappa shape index (κ1) is 33.8. The lowest BCUT2D eigenvalue weighted by molar-refractivity contribution is -0.665. The highest BCUT2D eigenvalue weighted by Crippen LogP contribution is 2.47. The molecule has 0 N–H and O–H groups in total. The summed E-state index contributed by atoms with van der Waals surface area (Å²) in [5.74, 6) is 0.420. The fraction of sp³-hybridized carbons (Fsp3) is 0.487. The molecule has 0 bridgehead atoms. The van der Waals surface area contributed by atoms with E-state index in [4.69, 9.17) is 0 Å². The highest BCUT2D eigenvalue weighted by atomic mass is 127. The van der Waals surface area contributed by atoms with Crippen molar-refractivity contribution >= 4 is 51.0 Å². The molecule has 1 aromatic heterocycles. The number of aromatic nitrogens is 1. The van der Waals surface area contributed by atoms with Crippen molar-refractivity contribution in [3.8, 4) is 0 Å². The Labute approximate surface area is 301 Å². The minimum Gasteiger partial charge on any atom is -1.00 e. The van der Waals surface area contributed by atoms with Crippen LogP contribution in [-0.4, -0.2) is 29.4 Å². The number of fused-ring (bicyclic) bond motifs is 2. The van der Waals surface area contributed by atoms with E-state index in [1.165, 1.54) is 106 Å². The average molecular weight is 766 g/mol. The Morgan fingerprint density at radius 3 is 2.26 bits per heavy atom. The van der Waals surface area contributed by atoms with E-state index in [2.05, 4.69) is 95.0 Å². The van der Waals surface area contributed by atoms with Gasteiger partial charge >= 0.3 is 0 Å². The van der Waals surface area contributed by atoms with Crippen molar-refractivity contribution in [1.29, 1.82) is 0 Å². The molecule has 1 atom stereocenters. The average Bonchev–Trinajstić information content (AvgIpc) is 3.62. The van der Waals surface area contributed by atoms with Crippen molar-refractivity contribution in [3.63, 3.8) is 0 Å². The van der Waals surface area contributed by atoms with E-state index in [0.717, 1.165) is 25.9 Å². The van der Waals surface area contributed by atoms with Gasteiger partial charge in [-0.1, -0.05) is 92.0 Å². The topological polar surface area (TPSA) is 27.4 Å². The number of nitrogens with zero attached hydrogens (tertiary/aromatic N) is 3. The third kappa shape index (κ3) is 7.02. The first-order valence-corrected chi connectivity index (χ1v) is 19.2. The van der Waals surface area contributed by atoms with Crippen molar-refractivity contribution in [2.45, 2.75) is 114 Å². The first-order valence-electron chi connectivity index (χ1n) is 17.5. The molecular weight excluding hydrogens is 717 g/mol. The van der Waals surface area contributed by atoms with Crippen LogP contribution in [0.2, 0.25) is 0 Å². The number of rotatable bonds is 7. The number of benzene rings is 2. The van der Waals surface area contributed by atoms with Crippen LogP contribution < -0.4 is 33.4 Å². The van der Waals surface area contributed by atoms with E-state index in [-0.39, 0.29) is 29.9 Å². The summed E-state index contributed by atoms with van der Waals surface area (Å²) in [6, 6.07) is 18.3. The van der Waals surface area contributed by atoms with Gasteiger partial charge in [0.05, 0.1) is 10.7 Å². The van der Waals surface area contributed by atoms with E-state index in [1.807, 2.05) is 23.1 Å². The predicted octanol–water partition coefficient (Wildman–Crippen LogP) is 6.90. The van der Waals surface area contributed by atoms with E-state index in [0.29, 0.717) is 18.0 Å². The normalized spacial score (nSPS) is 22.6. The van der Waals surface area contributed by atoms with Gasteiger partial charge in [0.25, 0.3) is 5.01 Å². The number of hydrogen-bond donors (Lipinski definition) is 0. The molecule has 2 aromatic carbocycles. The molecule has 2 fully saturated rings. The van der Waals surface area contributed by atoms with Crippen LogP contribution >= 0.6 is 23.1 Å². The molecule has 1 amide bonds. The van der Waals surface area contributed by atoms with Gasteiger partial charge in [0, 0.05) is 41.6 Å². The lowest BCUT2D eigenvalue weighted by atomic mass is 9.82. The molecule has 3 aromatic rings. The van der Waals surface area contributed by atoms with Gasteiger partial charge in [-0.15, -0.1) is 0 Å². The van der Waals surface area contributed by atoms with Gasteiger partial charge in [-0.25, -0.2) is 0 Å². The van der Waals surface area contributed by atoms with Crippen LogP contribution in [0.4, 0.5) is 5.69 Å². The second-order valence-electron chi connectivity index (χ2n) is 13.3. The van der Waals surface area contributed by atoms with Crippen molar-refractivity contribution in [2.75, 3.05) is 11.4 Å². The Balaban J connectivity index is 0.00000372. The Morgan fingerprint density at radius 2 is 1.57 bits per heavy atom. The number of amides is 1. The largest absolute Gasteiger partial charge is 1.00 e. The van der Waals surface area contributed by atoms with Gasteiger partial charge < -0.3 is 33.8 Å². The molecule has 46 heavy (non-hydrogen) atoms. The minimum atomic E-state index is -0.00902. The molecule has 1 unspecified atom stereocenters. The number of para-hydroxylation sites is 2. The molecule has 2 saturated carbocycles. The Hall–Kier alpha value is -2.10. The van der Waals surface area contributed by atoms with Crippen molar-refractivity contribution < 1.29 is 33.3 Å². The van der Waals surface area contributed by atoms with Crippen LogP contribution in [0.15, 0.2) is 81.8 Å². The van der Waals surface area contributed by atoms with Crippen molar-refractivity contribution in [3.05, 3.63) is 81.9 Å². The van der Waals surface area contributed by atoms with Gasteiger partial charge in [-0.05, 0) is 87.8 Å². The zero-order chi connectivity index (χ0) is 30.8. The Kier molecular flexibility index (Phi) is 11.3. The quantitative estimate of drug-likeness (QED) is 0.194. The highest BCUT2D eigenvalue weighted by Gasteiger charge is 2.37. The summed E-state index contributed by atoms with van der Waals surface area (Å²) in [6.07, 6.45) is 21.3. The highest BCUT2D eigenvalue weighted by molar-refractivity contribution is 8.03.